The Morgan fingerprint density at radius 2 is 2.00 bits per heavy atom. The second-order valence-electron chi connectivity index (χ2n) is 5.71. The van der Waals surface area contributed by atoms with Crippen molar-refractivity contribution in [2.75, 3.05) is 25.0 Å². The number of carbonyl (C=O) groups excluding carboxylic acids is 2. The lowest BCUT2D eigenvalue weighted by atomic mass is 10.1. The molecule has 0 unspecified atom stereocenters. The third-order valence-corrected chi connectivity index (χ3v) is 4.31. The van der Waals surface area contributed by atoms with Gasteiger partial charge in [-0.15, -0.1) is 0 Å². The summed E-state index contributed by atoms with van der Waals surface area (Å²) in [6.45, 7) is 5.41. The average molecular weight is 324 g/mol. The molecule has 0 aliphatic carbocycles. The summed E-state index contributed by atoms with van der Waals surface area (Å²) >= 11 is 6.05. The molecule has 6 heteroatoms. The molecule has 0 saturated carbocycles. The molecule has 1 aromatic rings. The lowest BCUT2D eigenvalue weighted by molar-refractivity contribution is -0.121. The maximum absolute atomic E-state index is 12.1. The van der Waals surface area contributed by atoms with Crippen molar-refractivity contribution in [2.45, 2.75) is 32.7 Å². The Morgan fingerprint density at radius 1 is 1.32 bits per heavy atom. The van der Waals surface area contributed by atoms with E-state index < -0.39 is 0 Å². The summed E-state index contributed by atoms with van der Waals surface area (Å²) in [5.41, 5.74) is 1.63. The number of likely N-dealkylation sites (tertiary alicyclic amines) is 1. The lowest BCUT2D eigenvalue weighted by Gasteiger charge is -2.31. The molecule has 2 amide bonds. The Morgan fingerprint density at radius 3 is 2.64 bits per heavy atom. The van der Waals surface area contributed by atoms with Gasteiger partial charge in [-0.1, -0.05) is 17.7 Å². The maximum Gasteiger partial charge on any atom is 0.238 e. The zero-order valence-corrected chi connectivity index (χ0v) is 13.7. The average Bonchev–Trinajstić information content (AvgIpc) is 2.45. The third-order valence-electron chi connectivity index (χ3n) is 3.90. The fraction of sp³-hybridized carbons (Fsp3) is 0.500. The fourth-order valence-electron chi connectivity index (χ4n) is 2.66. The van der Waals surface area contributed by atoms with Crippen LogP contribution < -0.4 is 10.6 Å². The van der Waals surface area contributed by atoms with Gasteiger partial charge in [0, 0.05) is 36.8 Å². The summed E-state index contributed by atoms with van der Waals surface area (Å²) in [5.74, 6) is -0.0315. The molecule has 0 spiro atoms. The molecule has 5 nitrogen and oxygen atoms in total. The van der Waals surface area contributed by atoms with Gasteiger partial charge >= 0.3 is 0 Å². The molecular weight excluding hydrogens is 302 g/mol. The monoisotopic (exact) mass is 323 g/mol. The quantitative estimate of drug-likeness (QED) is 0.893. The minimum absolute atomic E-state index is 0.00706. The van der Waals surface area contributed by atoms with Gasteiger partial charge in [0.2, 0.25) is 11.8 Å². The number of amides is 2. The second-order valence-corrected chi connectivity index (χ2v) is 6.12. The van der Waals surface area contributed by atoms with Crippen molar-refractivity contribution in [3.05, 3.63) is 28.8 Å². The van der Waals surface area contributed by atoms with Crippen LogP contribution in [0.5, 0.6) is 0 Å². The molecule has 120 valence electrons. The largest absolute Gasteiger partial charge is 0.354 e. The van der Waals surface area contributed by atoms with Crippen molar-refractivity contribution in [1.29, 1.82) is 0 Å². The number of benzene rings is 1. The van der Waals surface area contributed by atoms with Crippen LogP contribution in [0.2, 0.25) is 5.02 Å². The van der Waals surface area contributed by atoms with E-state index in [4.69, 9.17) is 11.6 Å². The normalized spacial score (nSPS) is 16.3. The van der Waals surface area contributed by atoms with Crippen molar-refractivity contribution in [1.82, 2.24) is 10.2 Å². The van der Waals surface area contributed by atoms with Gasteiger partial charge in [0.1, 0.15) is 0 Å². The standard InChI is InChI=1S/C16H22ClN3O2/c1-11-14(17)4-3-5-15(11)19-16(22)10-20-8-6-13(7-9-20)18-12(2)21/h3-5,13H,6-10H2,1-2H3,(H,18,21)(H,19,22). The molecule has 1 aliphatic rings. The molecule has 0 bridgehead atoms. The van der Waals surface area contributed by atoms with Gasteiger partial charge in [-0.3, -0.25) is 14.5 Å². The molecule has 1 saturated heterocycles. The maximum atomic E-state index is 12.1. The minimum atomic E-state index is -0.0386. The lowest BCUT2D eigenvalue weighted by Crippen LogP contribution is -2.46. The summed E-state index contributed by atoms with van der Waals surface area (Å²) in [5, 5.41) is 6.48. The number of piperidine rings is 1. The van der Waals surface area contributed by atoms with Gasteiger partial charge < -0.3 is 10.6 Å². The van der Waals surface area contributed by atoms with Crippen molar-refractivity contribution < 1.29 is 9.59 Å². The summed E-state index contributed by atoms with van der Waals surface area (Å²) in [4.78, 5) is 25.3. The molecular formula is C16H22ClN3O2. The van der Waals surface area contributed by atoms with Crippen LogP contribution in [0.3, 0.4) is 0 Å². The van der Waals surface area contributed by atoms with Gasteiger partial charge in [-0.25, -0.2) is 0 Å². The van der Waals surface area contributed by atoms with E-state index in [2.05, 4.69) is 15.5 Å². The number of halogens is 1. The Bertz CT molecular complexity index is 554. The molecule has 1 fully saturated rings. The number of nitrogens with zero attached hydrogens (tertiary/aromatic N) is 1. The highest BCUT2D eigenvalue weighted by Crippen LogP contribution is 2.22. The van der Waals surface area contributed by atoms with E-state index in [0.29, 0.717) is 11.6 Å². The van der Waals surface area contributed by atoms with Crippen molar-refractivity contribution in [3.63, 3.8) is 0 Å². The van der Waals surface area contributed by atoms with Crippen LogP contribution in [0.4, 0.5) is 5.69 Å². The van der Waals surface area contributed by atoms with E-state index >= 15 is 0 Å². The highest BCUT2D eigenvalue weighted by atomic mass is 35.5. The van der Waals surface area contributed by atoms with Crippen LogP contribution in [0, 0.1) is 6.92 Å². The number of anilines is 1. The molecule has 2 N–H and O–H groups in total. The molecule has 0 radical (unpaired) electrons. The number of hydrogen-bond donors (Lipinski definition) is 2. The predicted molar refractivity (Wildman–Crippen MR) is 88.1 cm³/mol. The first-order valence-electron chi connectivity index (χ1n) is 7.50. The van der Waals surface area contributed by atoms with Gasteiger partial charge in [0.25, 0.3) is 0 Å². The van der Waals surface area contributed by atoms with Crippen LogP contribution in [-0.4, -0.2) is 42.4 Å². The van der Waals surface area contributed by atoms with Crippen LogP contribution in [0.1, 0.15) is 25.3 Å². The molecule has 0 aromatic heterocycles. The summed E-state index contributed by atoms with van der Waals surface area (Å²) in [6, 6.07) is 5.71. The van der Waals surface area contributed by atoms with E-state index in [0.717, 1.165) is 37.2 Å². The first-order valence-corrected chi connectivity index (χ1v) is 7.88. The predicted octanol–water partition coefficient (Wildman–Crippen LogP) is 2.19. The third kappa shape index (κ3) is 4.71. The van der Waals surface area contributed by atoms with Crippen molar-refractivity contribution in [3.8, 4) is 0 Å². The van der Waals surface area contributed by atoms with Crippen LogP contribution >= 0.6 is 11.6 Å². The van der Waals surface area contributed by atoms with Crippen LogP contribution in [-0.2, 0) is 9.59 Å². The molecule has 0 atom stereocenters. The Kier molecular flexibility index (Phi) is 5.80. The number of carbonyl (C=O) groups is 2. The van der Waals surface area contributed by atoms with Crippen LogP contribution in [0.25, 0.3) is 0 Å². The zero-order chi connectivity index (χ0) is 16.1. The first-order chi connectivity index (χ1) is 10.5. The highest BCUT2D eigenvalue weighted by Gasteiger charge is 2.21. The Balaban J connectivity index is 1.81. The summed E-state index contributed by atoms with van der Waals surface area (Å²) in [6.07, 6.45) is 1.76. The SMILES string of the molecule is CC(=O)NC1CCN(CC(=O)Nc2cccc(Cl)c2C)CC1. The minimum Gasteiger partial charge on any atom is -0.354 e. The number of rotatable bonds is 4. The summed E-state index contributed by atoms with van der Waals surface area (Å²) in [7, 11) is 0. The van der Waals surface area contributed by atoms with Crippen molar-refractivity contribution >= 4 is 29.1 Å². The van der Waals surface area contributed by atoms with Gasteiger partial charge in [-0.2, -0.15) is 0 Å². The molecule has 2 rings (SSSR count). The van der Waals surface area contributed by atoms with E-state index in [1.165, 1.54) is 6.92 Å². The second kappa shape index (κ2) is 7.61. The zero-order valence-electron chi connectivity index (χ0n) is 13.0. The van der Waals surface area contributed by atoms with E-state index in [-0.39, 0.29) is 17.9 Å². The molecule has 1 aromatic carbocycles. The summed E-state index contributed by atoms with van der Waals surface area (Å²) < 4.78 is 0. The first kappa shape index (κ1) is 16.8. The van der Waals surface area contributed by atoms with E-state index in [1.54, 1.807) is 6.07 Å². The van der Waals surface area contributed by atoms with Crippen LogP contribution in [0.15, 0.2) is 18.2 Å². The van der Waals surface area contributed by atoms with Gasteiger partial charge in [0.05, 0.1) is 6.54 Å². The molecule has 1 heterocycles. The molecule has 22 heavy (non-hydrogen) atoms. The smallest absolute Gasteiger partial charge is 0.238 e. The van der Waals surface area contributed by atoms with Gasteiger partial charge in [-0.05, 0) is 37.5 Å². The topological polar surface area (TPSA) is 61.4 Å². The van der Waals surface area contributed by atoms with Crippen molar-refractivity contribution in [2.24, 2.45) is 0 Å². The van der Waals surface area contributed by atoms with E-state index in [9.17, 15) is 9.59 Å². The van der Waals surface area contributed by atoms with E-state index in [1.807, 2.05) is 19.1 Å². The number of nitrogens with one attached hydrogen (secondary N) is 2. The number of hydrogen-bond acceptors (Lipinski definition) is 3. The Hall–Kier alpha value is -1.59. The fourth-order valence-corrected chi connectivity index (χ4v) is 2.83. The Labute approximate surface area is 136 Å². The molecule has 1 aliphatic heterocycles. The highest BCUT2D eigenvalue weighted by molar-refractivity contribution is 6.31. The van der Waals surface area contributed by atoms with Gasteiger partial charge in [0.15, 0.2) is 0 Å².